The van der Waals surface area contributed by atoms with E-state index in [9.17, 15) is 4.79 Å². The summed E-state index contributed by atoms with van der Waals surface area (Å²) in [4.78, 5) is 11.9. The molecule has 0 spiro atoms. The Kier molecular flexibility index (Phi) is 4.63. The highest BCUT2D eigenvalue weighted by molar-refractivity contribution is 5.80. The highest BCUT2D eigenvalue weighted by Crippen LogP contribution is 2.16. The molecule has 5 nitrogen and oxygen atoms in total. The average Bonchev–Trinajstić information content (AvgIpc) is 2.89. The maximum Gasteiger partial charge on any atom is 0.260 e. The molecule has 5 heteroatoms. The van der Waals surface area contributed by atoms with Gasteiger partial charge in [0.25, 0.3) is 5.91 Å². The number of nitrogen functional groups attached to an aromatic ring is 1. The Bertz CT molecular complexity index is 430. The van der Waals surface area contributed by atoms with E-state index in [1.54, 1.807) is 31.2 Å². The van der Waals surface area contributed by atoms with Gasteiger partial charge in [0.05, 0.1) is 6.10 Å². The van der Waals surface area contributed by atoms with Crippen LogP contribution in [0.2, 0.25) is 0 Å². The van der Waals surface area contributed by atoms with E-state index in [4.69, 9.17) is 15.2 Å². The van der Waals surface area contributed by atoms with E-state index in [1.165, 1.54) is 0 Å². The Labute approximate surface area is 113 Å². The van der Waals surface area contributed by atoms with Crippen molar-refractivity contribution in [2.24, 2.45) is 0 Å². The lowest BCUT2D eigenvalue weighted by atomic mass is 10.2. The number of rotatable bonds is 5. The van der Waals surface area contributed by atoms with Crippen LogP contribution in [0.15, 0.2) is 24.3 Å². The van der Waals surface area contributed by atoms with Gasteiger partial charge in [0.2, 0.25) is 0 Å². The van der Waals surface area contributed by atoms with Gasteiger partial charge in [-0.3, -0.25) is 4.79 Å². The van der Waals surface area contributed by atoms with Crippen LogP contribution in [0.1, 0.15) is 19.8 Å². The van der Waals surface area contributed by atoms with Crippen molar-refractivity contribution in [3.05, 3.63) is 24.3 Å². The van der Waals surface area contributed by atoms with Crippen LogP contribution in [-0.2, 0) is 9.53 Å². The standard InChI is InChI=1S/C14H20N2O3/c1-10(19-12-5-2-4-11(15)8-12)14(17)16-9-13-6-3-7-18-13/h2,4-5,8,10,13H,3,6-7,9,15H2,1H3,(H,16,17)/t10-,13-/m0/s1. The predicted molar refractivity (Wildman–Crippen MR) is 72.9 cm³/mol. The first-order valence-corrected chi connectivity index (χ1v) is 6.56. The number of amides is 1. The lowest BCUT2D eigenvalue weighted by molar-refractivity contribution is -0.127. The van der Waals surface area contributed by atoms with E-state index in [1.807, 2.05) is 0 Å². The number of nitrogens with two attached hydrogens (primary N) is 1. The Hall–Kier alpha value is -1.75. The molecule has 1 aliphatic rings. The van der Waals surface area contributed by atoms with Gasteiger partial charge in [0.15, 0.2) is 6.10 Å². The van der Waals surface area contributed by atoms with Crippen LogP contribution in [0.3, 0.4) is 0 Å². The second-order valence-corrected chi connectivity index (χ2v) is 4.71. The first-order valence-electron chi connectivity index (χ1n) is 6.56. The van der Waals surface area contributed by atoms with Crippen LogP contribution >= 0.6 is 0 Å². The lowest BCUT2D eigenvalue weighted by Crippen LogP contribution is -2.40. The first-order chi connectivity index (χ1) is 9.15. The number of ether oxygens (including phenoxy) is 2. The Morgan fingerprint density at radius 3 is 3.16 bits per heavy atom. The van der Waals surface area contributed by atoms with E-state index >= 15 is 0 Å². The van der Waals surface area contributed by atoms with Crippen LogP contribution in [-0.4, -0.2) is 31.3 Å². The summed E-state index contributed by atoms with van der Waals surface area (Å²) in [5.74, 6) is 0.456. The van der Waals surface area contributed by atoms with Crippen LogP contribution in [0.25, 0.3) is 0 Å². The molecule has 0 saturated carbocycles. The molecule has 1 amide bonds. The molecule has 1 aromatic rings. The highest BCUT2D eigenvalue weighted by Gasteiger charge is 2.19. The minimum Gasteiger partial charge on any atom is -0.481 e. The number of hydrogen-bond acceptors (Lipinski definition) is 4. The summed E-state index contributed by atoms with van der Waals surface area (Å²) in [7, 11) is 0. The summed E-state index contributed by atoms with van der Waals surface area (Å²) in [5.41, 5.74) is 6.27. The monoisotopic (exact) mass is 264 g/mol. The molecular weight excluding hydrogens is 244 g/mol. The molecule has 1 heterocycles. The summed E-state index contributed by atoms with van der Waals surface area (Å²) in [6.45, 7) is 3.05. The third-order valence-electron chi connectivity index (χ3n) is 3.07. The summed E-state index contributed by atoms with van der Waals surface area (Å²) >= 11 is 0. The van der Waals surface area contributed by atoms with Gasteiger partial charge in [-0.2, -0.15) is 0 Å². The van der Waals surface area contributed by atoms with Crippen LogP contribution < -0.4 is 15.8 Å². The van der Waals surface area contributed by atoms with Crippen LogP contribution in [0.5, 0.6) is 5.75 Å². The van der Waals surface area contributed by atoms with Crippen molar-refractivity contribution in [2.75, 3.05) is 18.9 Å². The maximum absolute atomic E-state index is 11.9. The van der Waals surface area contributed by atoms with Crippen LogP contribution in [0.4, 0.5) is 5.69 Å². The van der Waals surface area contributed by atoms with Gasteiger partial charge >= 0.3 is 0 Å². The van der Waals surface area contributed by atoms with Crippen molar-refractivity contribution < 1.29 is 14.3 Å². The molecule has 1 fully saturated rings. The molecule has 1 saturated heterocycles. The average molecular weight is 264 g/mol. The zero-order valence-corrected chi connectivity index (χ0v) is 11.1. The number of benzene rings is 1. The van der Waals surface area contributed by atoms with Crippen LogP contribution in [0, 0.1) is 0 Å². The fraction of sp³-hybridized carbons (Fsp3) is 0.500. The maximum atomic E-state index is 11.9. The van der Waals surface area contributed by atoms with Crippen molar-refractivity contribution in [1.29, 1.82) is 0 Å². The van der Waals surface area contributed by atoms with E-state index < -0.39 is 6.10 Å². The quantitative estimate of drug-likeness (QED) is 0.787. The molecule has 0 aromatic heterocycles. The van der Waals surface area contributed by atoms with Gasteiger partial charge in [-0.05, 0) is 31.9 Å². The SMILES string of the molecule is C[C@H](Oc1cccc(N)c1)C(=O)NC[C@@H]1CCCO1. The third-order valence-corrected chi connectivity index (χ3v) is 3.07. The summed E-state index contributed by atoms with van der Waals surface area (Å²) < 4.78 is 11.0. The number of hydrogen-bond donors (Lipinski definition) is 2. The lowest BCUT2D eigenvalue weighted by Gasteiger charge is -2.16. The minimum absolute atomic E-state index is 0.141. The zero-order chi connectivity index (χ0) is 13.7. The molecule has 19 heavy (non-hydrogen) atoms. The topological polar surface area (TPSA) is 73.6 Å². The zero-order valence-electron chi connectivity index (χ0n) is 11.1. The molecule has 3 N–H and O–H groups in total. The molecule has 2 atom stereocenters. The Morgan fingerprint density at radius 1 is 1.63 bits per heavy atom. The second-order valence-electron chi connectivity index (χ2n) is 4.71. The third kappa shape index (κ3) is 4.13. The second kappa shape index (κ2) is 6.43. The molecule has 0 aliphatic carbocycles. The molecule has 0 bridgehead atoms. The summed E-state index contributed by atoms with van der Waals surface area (Å²) in [6, 6.07) is 7.04. The Balaban J connectivity index is 1.78. The number of carbonyl (C=O) groups is 1. The van der Waals surface area contributed by atoms with Gasteiger partial charge in [0.1, 0.15) is 5.75 Å². The highest BCUT2D eigenvalue weighted by atomic mass is 16.5. The minimum atomic E-state index is -0.553. The fourth-order valence-corrected chi connectivity index (χ4v) is 2.01. The largest absolute Gasteiger partial charge is 0.481 e. The van der Waals surface area contributed by atoms with Gasteiger partial charge in [0, 0.05) is 24.9 Å². The molecule has 1 aliphatic heterocycles. The summed E-state index contributed by atoms with van der Waals surface area (Å²) in [5, 5.41) is 2.84. The van der Waals surface area contributed by atoms with Gasteiger partial charge in [-0.1, -0.05) is 6.07 Å². The molecule has 1 aromatic carbocycles. The summed E-state index contributed by atoms with van der Waals surface area (Å²) in [6.07, 6.45) is 1.66. The van der Waals surface area contributed by atoms with Gasteiger partial charge in [-0.15, -0.1) is 0 Å². The molecule has 0 unspecified atom stereocenters. The molecule has 0 radical (unpaired) electrons. The van der Waals surface area contributed by atoms with Crippen molar-refractivity contribution >= 4 is 11.6 Å². The van der Waals surface area contributed by atoms with Crippen molar-refractivity contribution in [2.45, 2.75) is 32.0 Å². The van der Waals surface area contributed by atoms with Crippen molar-refractivity contribution in [1.82, 2.24) is 5.32 Å². The van der Waals surface area contributed by atoms with Gasteiger partial charge in [-0.25, -0.2) is 0 Å². The van der Waals surface area contributed by atoms with Crippen molar-refractivity contribution in [3.63, 3.8) is 0 Å². The van der Waals surface area contributed by atoms with Crippen molar-refractivity contribution in [3.8, 4) is 5.75 Å². The van der Waals surface area contributed by atoms with E-state index in [2.05, 4.69) is 5.32 Å². The number of nitrogens with one attached hydrogen (secondary N) is 1. The molecule has 2 rings (SSSR count). The smallest absolute Gasteiger partial charge is 0.260 e. The Morgan fingerprint density at radius 2 is 2.47 bits per heavy atom. The molecule has 104 valence electrons. The number of carbonyl (C=O) groups excluding carboxylic acids is 1. The normalized spacial score (nSPS) is 19.9. The van der Waals surface area contributed by atoms with Gasteiger partial charge < -0.3 is 20.5 Å². The van der Waals surface area contributed by atoms with E-state index in [0.29, 0.717) is 18.0 Å². The number of anilines is 1. The molecular formula is C14H20N2O3. The predicted octanol–water partition coefficient (Wildman–Crippen LogP) is 1.33. The fourth-order valence-electron chi connectivity index (χ4n) is 2.01. The van der Waals surface area contributed by atoms with E-state index in [-0.39, 0.29) is 12.0 Å². The van der Waals surface area contributed by atoms with E-state index in [0.717, 1.165) is 19.4 Å². The first kappa shape index (κ1) is 13.7.